The van der Waals surface area contributed by atoms with Crippen molar-refractivity contribution in [3.05, 3.63) is 28.2 Å². The second kappa shape index (κ2) is 4.25. The number of ketones is 1. The lowest BCUT2D eigenvalue weighted by molar-refractivity contribution is -0.142. The van der Waals surface area contributed by atoms with Crippen LogP contribution in [0.2, 0.25) is 0 Å². The summed E-state index contributed by atoms with van der Waals surface area (Å²) in [5, 5.41) is 2.85. The summed E-state index contributed by atoms with van der Waals surface area (Å²) in [5.74, 6) is -0.769. The van der Waals surface area contributed by atoms with Gasteiger partial charge in [0.25, 0.3) is 0 Å². The Morgan fingerprint density at radius 2 is 2.31 bits per heavy atom. The Hall–Kier alpha value is -1.36. The molecule has 1 heterocycles. The van der Waals surface area contributed by atoms with Gasteiger partial charge in [-0.15, -0.1) is 0 Å². The predicted molar refractivity (Wildman–Crippen MR) is 62.5 cm³/mol. The molecule has 1 N–H and O–H groups in total. The van der Waals surface area contributed by atoms with E-state index < -0.39 is 12.0 Å². The maximum atomic E-state index is 11.9. The smallest absolute Gasteiger partial charge is 0.336 e. The maximum absolute atomic E-state index is 11.9. The molecule has 1 aliphatic rings. The highest BCUT2D eigenvalue weighted by atomic mass is 79.9. The van der Waals surface area contributed by atoms with Crippen LogP contribution in [0.4, 0.5) is 5.69 Å². The minimum absolute atomic E-state index is 0.241. The van der Waals surface area contributed by atoms with E-state index in [0.29, 0.717) is 11.3 Å². The number of benzene rings is 1. The molecule has 1 atom stereocenters. The molecule has 84 valence electrons. The van der Waals surface area contributed by atoms with Crippen LogP contribution in [0, 0.1) is 0 Å². The number of carbonyl (C=O) groups excluding carboxylic acids is 2. The lowest BCUT2D eigenvalue weighted by Gasteiger charge is -2.07. The molecule has 0 saturated heterocycles. The van der Waals surface area contributed by atoms with Crippen molar-refractivity contribution in [2.24, 2.45) is 0 Å². The molecule has 0 fully saturated rings. The van der Waals surface area contributed by atoms with Crippen LogP contribution in [0.3, 0.4) is 0 Å². The molecule has 0 spiro atoms. The SMILES string of the molecule is CCOC(=O)[C@H]1Nc2ccc(Br)cc2C1=O. The Kier molecular flexibility index (Phi) is 2.96. The number of anilines is 1. The molecule has 4 nitrogen and oxygen atoms in total. The largest absolute Gasteiger partial charge is 0.464 e. The summed E-state index contributed by atoms with van der Waals surface area (Å²) < 4.78 is 5.63. The van der Waals surface area contributed by atoms with E-state index in [1.165, 1.54) is 0 Å². The number of carbonyl (C=O) groups is 2. The fraction of sp³-hybridized carbons (Fsp3) is 0.273. The zero-order valence-electron chi connectivity index (χ0n) is 8.62. The molecule has 1 aromatic carbocycles. The molecule has 1 aliphatic heterocycles. The monoisotopic (exact) mass is 283 g/mol. The van der Waals surface area contributed by atoms with E-state index >= 15 is 0 Å². The third-order valence-electron chi connectivity index (χ3n) is 2.33. The molecule has 2 rings (SSSR count). The van der Waals surface area contributed by atoms with Crippen LogP contribution in [0.25, 0.3) is 0 Å². The van der Waals surface area contributed by atoms with Crippen molar-refractivity contribution in [3.63, 3.8) is 0 Å². The lowest BCUT2D eigenvalue weighted by Crippen LogP contribution is -2.33. The molecule has 0 amide bonds. The van der Waals surface area contributed by atoms with Gasteiger partial charge in [-0.25, -0.2) is 4.79 Å². The third-order valence-corrected chi connectivity index (χ3v) is 2.82. The lowest BCUT2D eigenvalue weighted by atomic mass is 10.1. The number of ether oxygens (including phenoxy) is 1. The van der Waals surface area contributed by atoms with Crippen molar-refractivity contribution in [2.45, 2.75) is 13.0 Å². The standard InChI is InChI=1S/C11H10BrNO3/c1-2-16-11(15)9-10(14)7-5-6(12)3-4-8(7)13-9/h3-5,9,13H,2H2,1H3/t9-/m0/s1. The predicted octanol–water partition coefficient (Wildman–Crippen LogP) is 1.99. The van der Waals surface area contributed by atoms with Crippen LogP contribution >= 0.6 is 15.9 Å². The average molecular weight is 284 g/mol. The molecule has 0 radical (unpaired) electrons. The molecular weight excluding hydrogens is 274 g/mol. The minimum atomic E-state index is -0.899. The molecule has 0 unspecified atom stereocenters. The van der Waals surface area contributed by atoms with Gasteiger partial charge in [0.1, 0.15) is 0 Å². The van der Waals surface area contributed by atoms with Crippen molar-refractivity contribution in [3.8, 4) is 0 Å². The first-order valence-corrected chi connectivity index (χ1v) is 5.69. The number of nitrogens with one attached hydrogen (secondary N) is 1. The van der Waals surface area contributed by atoms with E-state index in [1.807, 2.05) is 6.07 Å². The first-order chi connectivity index (χ1) is 7.63. The number of fused-ring (bicyclic) bond motifs is 1. The summed E-state index contributed by atoms with van der Waals surface area (Å²) in [6.45, 7) is 1.98. The van der Waals surface area contributed by atoms with Crippen LogP contribution in [0.5, 0.6) is 0 Å². The summed E-state index contributed by atoms with van der Waals surface area (Å²) in [4.78, 5) is 23.4. The zero-order valence-corrected chi connectivity index (χ0v) is 10.2. The Bertz CT molecular complexity index is 459. The highest BCUT2D eigenvalue weighted by molar-refractivity contribution is 9.10. The molecule has 0 saturated carbocycles. The molecule has 0 aromatic heterocycles. The zero-order chi connectivity index (χ0) is 11.7. The summed E-state index contributed by atoms with van der Waals surface area (Å²) in [6.07, 6.45) is 0. The first-order valence-electron chi connectivity index (χ1n) is 4.90. The number of rotatable bonds is 2. The molecule has 16 heavy (non-hydrogen) atoms. The Morgan fingerprint density at radius 3 is 3.00 bits per heavy atom. The molecule has 0 bridgehead atoms. The Morgan fingerprint density at radius 1 is 1.56 bits per heavy atom. The number of hydrogen-bond donors (Lipinski definition) is 1. The van der Waals surface area contributed by atoms with Gasteiger partial charge in [-0.3, -0.25) is 4.79 Å². The van der Waals surface area contributed by atoms with E-state index in [9.17, 15) is 9.59 Å². The van der Waals surface area contributed by atoms with Gasteiger partial charge in [0, 0.05) is 15.7 Å². The fourth-order valence-electron chi connectivity index (χ4n) is 1.61. The quantitative estimate of drug-likeness (QED) is 0.666. The highest BCUT2D eigenvalue weighted by Crippen LogP contribution is 2.29. The van der Waals surface area contributed by atoms with E-state index in [2.05, 4.69) is 21.2 Å². The second-order valence-corrected chi connectivity index (χ2v) is 4.30. The van der Waals surface area contributed by atoms with Gasteiger partial charge >= 0.3 is 5.97 Å². The molecular formula is C11H10BrNO3. The van der Waals surface area contributed by atoms with Crippen LogP contribution in [-0.4, -0.2) is 24.4 Å². The van der Waals surface area contributed by atoms with Gasteiger partial charge in [0.2, 0.25) is 0 Å². The van der Waals surface area contributed by atoms with Gasteiger partial charge in [-0.05, 0) is 25.1 Å². The fourth-order valence-corrected chi connectivity index (χ4v) is 1.98. The summed E-state index contributed by atoms with van der Waals surface area (Å²) in [5.41, 5.74) is 1.19. The normalized spacial score (nSPS) is 17.9. The van der Waals surface area contributed by atoms with Crippen LogP contribution in [0.15, 0.2) is 22.7 Å². The van der Waals surface area contributed by atoms with Crippen molar-refractivity contribution in [2.75, 3.05) is 11.9 Å². The molecule has 1 aromatic rings. The van der Waals surface area contributed by atoms with Gasteiger partial charge in [0.15, 0.2) is 11.8 Å². The van der Waals surface area contributed by atoms with Crippen LogP contribution < -0.4 is 5.32 Å². The topological polar surface area (TPSA) is 55.4 Å². The summed E-state index contributed by atoms with van der Waals surface area (Å²) in [7, 11) is 0. The van der Waals surface area contributed by atoms with Crippen molar-refractivity contribution < 1.29 is 14.3 Å². The Balaban J connectivity index is 2.27. The number of halogens is 1. The van der Waals surface area contributed by atoms with E-state index in [4.69, 9.17) is 4.74 Å². The van der Waals surface area contributed by atoms with Crippen LogP contribution in [0.1, 0.15) is 17.3 Å². The van der Waals surface area contributed by atoms with Gasteiger partial charge in [-0.2, -0.15) is 0 Å². The molecule has 0 aliphatic carbocycles. The maximum Gasteiger partial charge on any atom is 0.336 e. The van der Waals surface area contributed by atoms with Crippen molar-refractivity contribution >= 4 is 33.4 Å². The molecule has 5 heteroatoms. The van der Waals surface area contributed by atoms with Gasteiger partial charge in [-0.1, -0.05) is 15.9 Å². The van der Waals surface area contributed by atoms with Crippen molar-refractivity contribution in [1.29, 1.82) is 0 Å². The Labute approximate surface area is 101 Å². The number of hydrogen-bond acceptors (Lipinski definition) is 4. The highest BCUT2D eigenvalue weighted by Gasteiger charge is 2.36. The summed E-state index contributed by atoms with van der Waals surface area (Å²) >= 11 is 3.28. The van der Waals surface area contributed by atoms with Gasteiger partial charge < -0.3 is 10.1 Å². The van der Waals surface area contributed by atoms with E-state index in [0.717, 1.165) is 4.47 Å². The second-order valence-electron chi connectivity index (χ2n) is 3.38. The first kappa shape index (κ1) is 11.1. The van der Waals surface area contributed by atoms with E-state index in [-0.39, 0.29) is 12.4 Å². The average Bonchev–Trinajstić information content (AvgIpc) is 2.57. The number of esters is 1. The number of Topliss-reactive ketones (excluding diaryl/α,β-unsaturated/α-hetero) is 1. The third kappa shape index (κ3) is 1.82. The minimum Gasteiger partial charge on any atom is -0.464 e. The van der Waals surface area contributed by atoms with Gasteiger partial charge in [0.05, 0.1) is 6.61 Å². The van der Waals surface area contributed by atoms with Crippen LogP contribution in [-0.2, 0) is 9.53 Å². The van der Waals surface area contributed by atoms with Crippen molar-refractivity contribution in [1.82, 2.24) is 0 Å². The van der Waals surface area contributed by atoms with E-state index in [1.54, 1.807) is 19.1 Å². The summed E-state index contributed by atoms with van der Waals surface area (Å²) in [6, 6.07) is 4.37.